The fourth-order valence-electron chi connectivity index (χ4n) is 1.55. The van der Waals surface area contributed by atoms with Crippen molar-refractivity contribution in [3.63, 3.8) is 0 Å². The summed E-state index contributed by atoms with van der Waals surface area (Å²) in [5.41, 5.74) is 6.02. The van der Waals surface area contributed by atoms with Gasteiger partial charge in [0.15, 0.2) is 0 Å². The van der Waals surface area contributed by atoms with Crippen LogP contribution in [0.5, 0.6) is 5.75 Å². The van der Waals surface area contributed by atoms with Gasteiger partial charge in [-0.15, -0.1) is 0 Å². The Morgan fingerprint density at radius 3 is 2.71 bits per heavy atom. The average Bonchev–Trinajstić information content (AvgIpc) is 2.45. The van der Waals surface area contributed by atoms with E-state index in [-0.39, 0.29) is 30.4 Å². The van der Waals surface area contributed by atoms with E-state index >= 15 is 0 Å². The van der Waals surface area contributed by atoms with Crippen LogP contribution in [-0.4, -0.2) is 47.0 Å². The zero-order chi connectivity index (χ0) is 15.9. The van der Waals surface area contributed by atoms with Crippen LogP contribution >= 0.6 is 15.9 Å². The van der Waals surface area contributed by atoms with Crippen molar-refractivity contribution in [1.29, 1.82) is 0 Å². The van der Waals surface area contributed by atoms with Crippen LogP contribution in [0.15, 0.2) is 21.5 Å². The lowest BCUT2D eigenvalue weighted by atomic mass is 10.3. The maximum absolute atomic E-state index is 12.2. The maximum atomic E-state index is 12.2. The summed E-state index contributed by atoms with van der Waals surface area (Å²) in [6, 6.07) is 2.85. The monoisotopic (exact) mass is 382 g/mol. The lowest BCUT2D eigenvalue weighted by Crippen LogP contribution is -2.26. The number of halogens is 1. The van der Waals surface area contributed by atoms with E-state index < -0.39 is 10.0 Å². The van der Waals surface area contributed by atoms with E-state index in [1.165, 1.54) is 19.2 Å². The number of anilines is 1. The normalized spacial score (nSPS) is 11.6. The molecule has 0 amide bonds. The number of hydrogen-bond acceptors (Lipinski definition) is 6. The first-order chi connectivity index (χ1) is 9.92. The molecule has 0 spiro atoms. The van der Waals surface area contributed by atoms with Gasteiger partial charge in [0.1, 0.15) is 10.6 Å². The first-order valence-electron chi connectivity index (χ1n) is 6.23. The Morgan fingerprint density at radius 1 is 1.38 bits per heavy atom. The molecule has 21 heavy (non-hydrogen) atoms. The van der Waals surface area contributed by atoms with E-state index in [1.807, 2.05) is 0 Å². The first kappa shape index (κ1) is 18.2. The van der Waals surface area contributed by atoms with Crippen LogP contribution in [-0.2, 0) is 14.8 Å². The van der Waals surface area contributed by atoms with Crippen molar-refractivity contribution in [3.05, 3.63) is 16.6 Å². The van der Waals surface area contributed by atoms with Gasteiger partial charge in [0.2, 0.25) is 10.0 Å². The largest absolute Gasteiger partial charge is 0.495 e. The van der Waals surface area contributed by atoms with Gasteiger partial charge in [-0.3, -0.25) is 0 Å². The third kappa shape index (κ3) is 5.44. The zero-order valence-electron chi connectivity index (χ0n) is 11.6. The summed E-state index contributed by atoms with van der Waals surface area (Å²) in [4.78, 5) is -0.0121. The number of nitrogens with two attached hydrogens (primary N) is 1. The Balaban J connectivity index is 2.72. The van der Waals surface area contributed by atoms with Crippen LogP contribution in [0.25, 0.3) is 0 Å². The van der Waals surface area contributed by atoms with Crippen molar-refractivity contribution in [2.45, 2.75) is 11.3 Å². The summed E-state index contributed by atoms with van der Waals surface area (Å²) in [6.45, 7) is 0.764. The first-order valence-corrected chi connectivity index (χ1v) is 8.51. The van der Waals surface area contributed by atoms with E-state index in [9.17, 15) is 8.42 Å². The van der Waals surface area contributed by atoms with Crippen LogP contribution in [0.1, 0.15) is 6.42 Å². The third-order valence-electron chi connectivity index (χ3n) is 2.57. The molecule has 0 saturated carbocycles. The number of benzene rings is 1. The fraction of sp³-hybridized carbons (Fsp3) is 0.500. The number of methoxy groups -OCH3 is 1. The molecule has 0 fully saturated rings. The number of aliphatic hydroxyl groups excluding tert-OH is 1. The van der Waals surface area contributed by atoms with Gasteiger partial charge in [-0.1, -0.05) is 0 Å². The van der Waals surface area contributed by atoms with Crippen molar-refractivity contribution in [1.82, 2.24) is 4.72 Å². The second kappa shape index (κ2) is 8.54. The molecule has 0 saturated heterocycles. The summed E-state index contributed by atoms with van der Waals surface area (Å²) < 4.78 is 37.6. The predicted molar refractivity (Wildman–Crippen MR) is 82.8 cm³/mol. The van der Waals surface area contributed by atoms with E-state index in [0.717, 1.165) is 0 Å². The molecule has 0 aliphatic rings. The standard InChI is InChI=1S/C12H19BrN2O5S/c1-19-11-7-9(13)10(14)8-12(11)21(17,18)15-3-2-5-20-6-4-16/h7-8,15-16H,2-6,14H2,1H3. The predicted octanol–water partition coefficient (Wildman–Crippen LogP) is 0.717. The molecule has 9 heteroatoms. The summed E-state index contributed by atoms with van der Waals surface area (Å²) in [6.07, 6.45) is 0.494. The highest BCUT2D eigenvalue weighted by molar-refractivity contribution is 9.10. The molecule has 0 unspecified atom stereocenters. The minimum atomic E-state index is -3.72. The molecule has 4 N–H and O–H groups in total. The quantitative estimate of drug-likeness (QED) is 0.428. The second-order valence-corrected chi connectivity index (χ2v) is 6.70. The molecule has 1 aromatic rings. The molecule has 0 aliphatic heterocycles. The number of rotatable bonds is 9. The number of sulfonamides is 1. The molecular weight excluding hydrogens is 364 g/mol. The van der Waals surface area contributed by atoms with Gasteiger partial charge in [-0.25, -0.2) is 13.1 Å². The summed E-state index contributed by atoms with van der Waals surface area (Å²) >= 11 is 3.22. The molecule has 0 bridgehead atoms. The van der Waals surface area contributed by atoms with E-state index in [4.69, 9.17) is 20.3 Å². The molecule has 1 rings (SSSR count). The average molecular weight is 383 g/mol. The van der Waals surface area contributed by atoms with Crippen LogP contribution in [0.2, 0.25) is 0 Å². The third-order valence-corrected chi connectivity index (χ3v) is 4.73. The highest BCUT2D eigenvalue weighted by Gasteiger charge is 2.20. The maximum Gasteiger partial charge on any atom is 0.244 e. The smallest absolute Gasteiger partial charge is 0.244 e. The number of nitrogen functional groups attached to an aromatic ring is 1. The fourth-order valence-corrected chi connectivity index (χ4v) is 3.13. The topological polar surface area (TPSA) is 111 Å². The molecule has 7 nitrogen and oxygen atoms in total. The Kier molecular flexibility index (Phi) is 7.40. The molecule has 1 aromatic carbocycles. The van der Waals surface area contributed by atoms with Crippen molar-refractivity contribution in [2.75, 3.05) is 39.2 Å². The van der Waals surface area contributed by atoms with Gasteiger partial charge in [0.25, 0.3) is 0 Å². The molecular formula is C12H19BrN2O5S. The number of aliphatic hydroxyl groups is 1. The van der Waals surface area contributed by atoms with Crippen LogP contribution in [0.3, 0.4) is 0 Å². The molecule has 0 heterocycles. The number of ether oxygens (including phenoxy) is 2. The molecule has 0 atom stereocenters. The lowest BCUT2D eigenvalue weighted by molar-refractivity contribution is 0.0913. The SMILES string of the molecule is COc1cc(Br)c(N)cc1S(=O)(=O)NCCCOCCO. The summed E-state index contributed by atoms with van der Waals surface area (Å²) in [5.74, 6) is 0.208. The van der Waals surface area contributed by atoms with Crippen molar-refractivity contribution >= 4 is 31.6 Å². The van der Waals surface area contributed by atoms with Gasteiger partial charge in [-0.2, -0.15) is 0 Å². The minimum absolute atomic E-state index is 0.0121. The molecule has 0 aliphatic carbocycles. The van der Waals surface area contributed by atoms with Crippen molar-refractivity contribution in [3.8, 4) is 5.75 Å². The number of hydrogen-bond donors (Lipinski definition) is 3. The Hall–Kier alpha value is -0.870. The van der Waals surface area contributed by atoms with Crippen molar-refractivity contribution < 1.29 is 23.0 Å². The van der Waals surface area contributed by atoms with Gasteiger partial charge in [0.05, 0.1) is 20.3 Å². The molecule has 0 aromatic heterocycles. The van der Waals surface area contributed by atoms with Gasteiger partial charge in [-0.05, 0) is 34.5 Å². The van der Waals surface area contributed by atoms with E-state index in [1.54, 1.807) is 0 Å². The van der Waals surface area contributed by atoms with Gasteiger partial charge >= 0.3 is 0 Å². The highest BCUT2D eigenvalue weighted by atomic mass is 79.9. The number of nitrogens with one attached hydrogen (secondary N) is 1. The highest BCUT2D eigenvalue weighted by Crippen LogP contribution is 2.32. The minimum Gasteiger partial charge on any atom is -0.495 e. The molecule has 0 radical (unpaired) electrons. The van der Waals surface area contributed by atoms with E-state index in [2.05, 4.69) is 20.7 Å². The van der Waals surface area contributed by atoms with Gasteiger partial charge in [0, 0.05) is 23.3 Å². The van der Waals surface area contributed by atoms with Crippen LogP contribution in [0.4, 0.5) is 5.69 Å². The Bertz CT molecular complexity index is 565. The van der Waals surface area contributed by atoms with Gasteiger partial charge < -0.3 is 20.3 Å². The van der Waals surface area contributed by atoms with Crippen molar-refractivity contribution in [2.24, 2.45) is 0 Å². The Labute approximate surface area is 132 Å². The second-order valence-electron chi connectivity index (χ2n) is 4.11. The van der Waals surface area contributed by atoms with Crippen LogP contribution in [0, 0.1) is 0 Å². The summed E-state index contributed by atoms with van der Waals surface area (Å²) in [5, 5.41) is 8.54. The zero-order valence-corrected chi connectivity index (χ0v) is 14.0. The lowest BCUT2D eigenvalue weighted by Gasteiger charge is -2.12. The summed E-state index contributed by atoms with van der Waals surface area (Å²) in [7, 11) is -2.33. The van der Waals surface area contributed by atoms with Crippen LogP contribution < -0.4 is 15.2 Å². The Morgan fingerprint density at radius 2 is 2.10 bits per heavy atom. The van der Waals surface area contributed by atoms with E-state index in [0.29, 0.717) is 23.2 Å². The molecule has 120 valence electrons.